The molecule has 1 aliphatic rings. The summed E-state index contributed by atoms with van der Waals surface area (Å²) < 4.78 is 69.2. The smallest absolute Gasteiger partial charge is 0.380 e. The van der Waals surface area contributed by atoms with E-state index in [-0.39, 0.29) is 10.5 Å². The van der Waals surface area contributed by atoms with Gasteiger partial charge < -0.3 is 24.1 Å². The summed E-state index contributed by atoms with van der Waals surface area (Å²) in [6, 6.07) is 7.84. The predicted octanol–water partition coefficient (Wildman–Crippen LogP) is 5.06. The van der Waals surface area contributed by atoms with Gasteiger partial charge in [0.1, 0.15) is 22.6 Å². The van der Waals surface area contributed by atoms with Crippen LogP contribution in [-0.4, -0.2) is 57.8 Å². The molecule has 198 valence electrons. The van der Waals surface area contributed by atoms with Crippen molar-refractivity contribution in [3.8, 4) is 5.75 Å². The second-order valence-corrected chi connectivity index (χ2v) is 11.4. The van der Waals surface area contributed by atoms with Gasteiger partial charge in [0.25, 0.3) is 0 Å². The van der Waals surface area contributed by atoms with E-state index in [1.165, 1.54) is 29.8 Å². The largest absolute Gasteiger partial charge is 0.463 e. The molecular formula is C23H30FN2O7PS2. The van der Waals surface area contributed by atoms with Gasteiger partial charge in [0, 0.05) is 11.8 Å². The van der Waals surface area contributed by atoms with E-state index in [0.29, 0.717) is 10.2 Å². The first-order chi connectivity index (χ1) is 17.6. The third kappa shape index (κ3) is 7.08. The van der Waals surface area contributed by atoms with Crippen molar-refractivity contribution in [2.45, 2.75) is 58.4 Å². The molecule has 36 heavy (non-hydrogen) atoms. The van der Waals surface area contributed by atoms with E-state index < -0.39 is 62.9 Å². The van der Waals surface area contributed by atoms with Crippen LogP contribution >= 0.6 is 32.0 Å². The molecule has 0 spiro atoms. The molecule has 0 bridgehead atoms. The zero-order chi connectivity index (χ0) is 28.4. The minimum Gasteiger partial charge on any atom is -0.463 e. The van der Waals surface area contributed by atoms with Crippen LogP contribution in [0.4, 0.5) is 4.39 Å². The van der Waals surface area contributed by atoms with Crippen molar-refractivity contribution < 1.29 is 40.1 Å². The van der Waals surface area contributed by atoms with Crippen LogP contribution in [0.2, 0.25) is 0 Å². The van der Waals surface area contributed by atoms with E-state index in [9.17, 15) is 14.5 Å². The SMILES string of the molecule is [2H]C([2H])(O[P@@](=O)(C[C@@H](C)C(=O)OC(C)C)Oc1ccccc1)[C@@H]1O[C@H](n2cc(C)c(=S)[nH]c2=S)[C@H](F)C1O. The molecular weight excluding hydrogens is 530 g/mol. The lowest BCUT2D eigenvalue weighted by Gasteiger charge is -2.24. The average molecular weight is 563 g/mol. The summed E-state index contributed by atoms with van der Waals surface area (Å²) in [5, 5.41) is 10.6. The molecule has 2 N–H and O–H groups in total. The van der Waals surface area contributed by atoms with Crippen molar-refractivity contribution in [1.82, 2.24) is 9.55 Å². The zero-order valence-electron chi connectivity index (χ0n) is 22.1. The molecule has 1 unspecified atom stereocenters. The Balaban J connectivity index is 1.90. The van der Waals surface area contributed by atoms with Crippen molar-refractivity contribution in [3.63, 3.8) is 0 Å². The molecule has 1 aliphatic heterocycles. The fourth-order valence-electron chi connectivity index (χ4n) is 3.36. The summed E-state index contributed by atoms with van der Waals surface area (Å²) in [5.41, 5.74) is 0.546. The summed E-state index contributed by atoms with van der Waals surface area (Å²) in [5.74, 6) is -1.60. The van der Waals surface area contributed by atoms with Crippen molar-refractivity contribution >= 4 is 38.0 Å². The van der Waals surface area contributed by atoms with Gasteiger partial charge in [-0.3, -0.25) is 13.9 Å². The van der Waals surface area contributed by atoms with Gasteiger partial charge >= 0.3 is 13.6 Å². The van der Waals surface area contributed by atoms with E-state index in [4.69, 9.17) is 45.7 Å². The summed E-state index contributed by atoms with van der Waals surface area (Å²) in [7, 11) is -4.47. The van der Waals surface area contributed by atoms with Crippen LogP contribution in [0.25, 0.3) is 0 Å². The number of nitrogens with zero attached hydrogens (tertiary/aromatic N) is 1. The van der Waals surface area contributed by atoms with Crippen molar-refractivity contribution in [2.75, 3.05) is 12.7 Å². The normalized spacial score (nSPS) is 25.5. The highest BCUT2D eigenvalue weighted by atomic mass is 32.1. The number of H-pyrrole nitrogens is 1. The molecule has 6 atom stereocenters. The first-order valence-electron chi connectivity index (χ1n) is 12.2. The molecule has 3 rings (SSSR count). The van der Waals surface area contributed by atoms with E-state index in [1.807, 2.05) is 0 Å². The second-order valence-electron chi connectivity index (χ2n) is 8.65. The fourth-order valence-corrected chi connectivity index (χ4v) is 5.55. The lowest BCUT2D eigenvalue weighted by Crippen LogP contribution is -2.32. The van der Waals surface area contributed by atoms with Gasteiger partial charge in [-0.15, -0.1) is 0 Å². The highest BCUT2D eigenvalue weighted by molar-refractivity contribution is 7.72. The van der Waals surface area contributed by atoms with Crippen molar-refractivity contribution in [3.05, 3.63) is 51.5 Å². The van der Waals surface area contributed by atoms with Crippen LogP contribution in [0.1, 0.15) is 35.3 Å². The number of aromatic nitrogens is 2. The Morgan fingerprint density at radius 1 is 1.33 bits per heavy atom. The number of aliphatic hydroxyl groups is 1. The fraction of sp³-hybridized carbons (Fsp3) is 0.522. The number of nitrogens with one attached hydrogen (secondary N) is 1. The van der Waals surface area contributed by atoms with Crippen molar-refractivity contribution in [2.24, 2.45) is 5.92 Å². The Morgan fingerprint density at radius 2 is 2.00 bits per heavy atom. The molecule has 13 heteroatoms. The quantitative estimate of drug-likeness (QED) is 0.233. The third-order valence-electron chi connectivity index (χ3n) is 5.16. The maximum absolute atomic E-state index is 15.2. The molecule has 1 fully saturated rings. The van der Waals surface area contributed by atoms with Gasteiger partial charge in [-0.1, -0.05) is 37.3 Å². The Morgan fingerprint density at radius 3 is 2.64 bits per heavy atom. The van der Waals surface area contributed by atoms with Gasteiger partial charge in [-0.2, -0.15) is 0 Å². The van der Waals surface area contributed by atoms with Gasteiger partial charge in [-0.25, -0.2) is 8.96 Å². The molecule has 1 aromatic carbocycles. The molecule has 9 nitrogen and oxygen atoms in total. The lowest BCUT2D eigenvalue weighted by molar-refractivity contribution is -0.151. The van der Waals surface area contributed by atoms with E-state index in [0.717, 1.165) is 0 Å². The monoisotopic (exact) mass is 562 g/mol. The van der Waals surface area contributed by atoms with Crippen LogP contribution in [-0.2, 0) is 23.4 Å². The number of benzene rings is 1. The molecule has 0 saturated carbocycles. The number of aryl methyl sites for hydroxylation is 1. The third-order valence-corrected chi connectivity index (χ3v) is 7.77. The molecule has 2 aromatic rings. The Labute approximate surface area is 221 Å². The molecule has 0 aliphatic carbocycles. The van der Waals surface area contributed by atoms with Gasteiger partial charge in [0.05, 0.1) is 27.5 Å². The van der Waals surface area contributed by atoms with Crippen molar-refractivity contribution in [1.29, 1.82) is 0 Å². The van der Waals surface area contributed by atoms with Crippen LogP contribution in [0.15, 0.2) is 36.5 Å². The molecule has 1 aromatic heterocycles. The van der Waals surface area contributed by atoms with Crippen LogP contribution < -0.4 is 4.52 Å². The van der Waals surface area contributed by atoms with Gasteiger partial charge in [0.2, 0.25) is 0 Å². The number of ether oxygens (including phenoxy) is 2. The highest BCUT2D eigenvalue weighted by Gasteiger charge is 2.46. The first-order valence-corrected chi connectivity index (χ1v) is 13.7. The minimum absolute atomic E-state index is 0.00171. The number of alkyl halides is 1. The number of halogens is 1. The molecule has 2 heterocycles. The molecule has 0 radical (unpaired) electrons. The summed E-state index contributed by atoms with van der Waals surface area (Å²) in [4.78, 5) is 15.1. The second kappa shape index (κ2) is 12.1. The summed E-state index contributed by atoms with van der Waals surface area (Å²) in [6.45, 7) is 3.36. The number of hydrogen-bond donors (Lipinski definition) is 2. The number of carbonyl (C=O) groups is 1. The number of esters is 1. The first kappa shape index (κ1) is 25.7. The Kier molecular flexibility index (Phi) is 8.61. The van der Waals surface area contributed by atoms with E-state index in [1.54, 1.807) is 39.0 Å². The molecule has 0 amide bonds. The predicted molar refractivity (Wildman–Crippen MR) is 136 cm³/mol. The number of hydrogen-bond acceptors (Lipinski definition) is 9. The number of carbonyl (C=O) groups excluding carboxylic acids is 1. The maximum atomic E-state index is 15.2. The highest BCUT2D eigenvalue weighted by Crippen LogP contribution is 2.50. The van der Waals surface area contributed by atoms with Gasteiger partial charge in [0.15, 0.2) is 17.2 Å². The van der Waals surface area contributed by atoms with E-state index >= 15 is 4.39 Å². The molecule has 1 saturated heterocycles. The topological polar surface area (TPSA) is 112 Å². The maximum Gasteiger partial charge on any atom is 0.380 e. The number of rotatable bonds is 10. The van der Waals surface area contributed by atoms with Crippen LogP contribution in [0, 0.1) is 22.3 Å². The van der Waals surface area contributed by atoms with Crippen LogP contribution in [0.5, 0.6) is 5.75 Å². The number of aliphatic hydroxyl groups excluding tert-OH is 1. The summed E-state index contributed by atoms with van der Waals surface area (Å²) in [6.07, 6.45) is -7.17. The zero-order valence-corrected chi connectivity index (χ0v) is 22.6. The number of aromatic amines is 1. The van der Waals surface area contributed by atoms with E-state index in [2.05, 4.69) is 4.98 Å². The van der Waals surface area contributed by atoms with Crippen LogP contribution in [0.3, 0.4) is 0 Å². The number of para-hydroxylation sites is 1. The Hall–Kier alpha value is -1.95. The van der Waals surface area contributed by atoms with Gasteiger partial charge in [-0.05, 0) is 45.1 Å². The standard InChI is InChI=1S/C23H30FN2O7PS2/c1-13(2)31-22(28)15(4)12-34(29,33-16-8-6-5-7-9-16)30-11-17-19(27)18(24)21(32-17)26-10-14(3)20(35)25-23(26)36/h5-10,13,15,17-19,21,27H,11-12H2,1-4H3,(H,25,35,36)/t15-,17+,18-,19?,21+,34+/m1/s1/i11D2. The Bertz CT molecular complexity index is 1310. The summed E-state index contributed by atoms with van der Waals surface area (Å²) >= 11 is 10.3. The minimum atomic E-state index is -4.47. The lowest BCUT2D eigenvalue weighted by atomic mass is 10.1. The average Bonchev–Trinajstić information content (AvgIpc) is 3.11.